The lowest BCUT2D eigenvalue weighted by Gasteiger charge is -2.32. The van der Waals surface area contributed by atoms with Crippen molar-refractivity contribution in [2.45, 2.75) is 46.1 Å². The van der Waals surface area contributed by atoms with Gasteiger partial charge in [-0.15, -0.1) is 0 Å². The Labute approximate surface area is 160 Å². The highest BCUT2D eigenvalue weighted by atomic mass is 16.5. The number of likely N-dealkylation sites (tertiary alicyclic amines) is 1. The van der Waals surface area contributed by atoms with Gasteiger partial charge in [-0.1, -0.05) is 5.16 Å². The highest BCUT2D eigenvalue weighted by Gasteiger charge is 2.22. The zero-order valence-corrected chi connectivity index (χ0v) is 16.3. The minimum atomic E-state index is 0.585. The lowest BCUT2D eigenvalue weighted by Crippen LogP contribution is -2.32. The van der Waals surface area contributed by atoms with Crippen LogP contribution in [0.5, 0.6) is 0 Å². The molecular formula is C22H26N4O. The van der Waals surface area contributed by atoms with Gasteiger partial charge in [0.05, 0.1) is 17.0 Å². The van der Waals surface area contributed by atoms with Crippen molar-refractivity contribution < 1.29 is 4.52 Å². The van der Waals surface area contributed by atoms with Gasteiger partial charge in [-0.2, -0.15) is 0 Å². The normalized spacial score (nSPS) is 16.0. The van der Waals surface area contributed by atoms with E-state index < -0.39 is 0 Å². The van der Waals surface area contributed by atoms with Gasteiger partial charge in [-0.05, 0) is 87.5 Å². The molecule has 0 N–H and O–H groups in total. The van der Waals surface area contributed by atoms with Crippen LogP contribution < -0.4 is 0 Å². The number of hydrogen-bond acceptors (Lipinski definition) is 5. The number of aromatic nitrogens is 3. The fourth-order valence-electron chi connectivity index (χ4n) is 4.03. The second-order valence-electron chi connectivity index (χ2n) is 7.53. The van der Waals surface area contributed by atoms with Gasteiger partial charge in [0.1, 0.15) is 5.76 Å². The van der Waals surface area contributed by atoms with Crippen molar-refractivity contribution in [1.82, 2.24) is 20.0 Å². The van der Waals surface area contributed by atoms with Crippen LogP contribution in [-0.4, -0.2) is 33.1 Å². The molecule has 1 aliphatic heterocycles. The lowest BCUT2D eigenvalue weighted by molar-refractivity contribution is 0.204. The number of nitrogens with zero attached hydrogens (tertiary/aromatic N) is 4. The van der Waals surface area contributed by atoms with E-state index in [2.05, 4.69) is 45.1 Å². The lowest BCUT2D eigenvalue weighted by atomic mass is 9.89. The first-order chi connectivity index (χ1) is 13.1. The van der Waals surface area contributed by atoms with Crippen molar-refractivity contribution in [1.29, 1.82) is 0 Å². The van der Waals surface area contributed by atoms with Crippen LogP contribution in [-0.2, 0) is 6.54 Å². The molecule has 3 aromatic heterocycles. The summed E-state index contributed by atoms with van der Waals surface area (Å²) in [4.78, 5) is 11.3. The van der Waals surface area contributed by atoms with Crippen LogP contribution >= 0.6 is 0 Å². The monoisotopic (exact) mass is 362 g/mol. The van der Waals surface area contributed by atoms with Crippen LogP contribution in [0.15, 0.2) is 41.3 Å². The summed E-state index contributed by atoms with van der Waals surface area (Å²) >= 11 is 0. The van der Waals surface area contributed by atoms with Crippen LogP contribution in [0.1, 0.15) is 46.9 Å². The van der Waals surface area contributed by atoms with Gasteiger partial charge in [-0.25, -0.2) is 0 Å². The first-order valence-corrected chi connectivity index (χ1v) is 9.63. The van der Waals surface area contributed by atoms with E-state index in [-0.39, 0.29) is 0 Å². The SMILES string of the molecule is Cc1cnccc1CN1CCC(c2ccnc(-c3c(C)noc3C)c2)CC1. The maximum absolute atomic E-state index is 5.31. The van der Waals surface area contributed by atoms with Gasteiger partial charge in [0.25, 0.3) is 0 Å². The predicted octanol–water partition coefficient (Wildman–Crippen LogP) is 4.44. The Morgan fingerprint density at radius 2 is 1.93 bits per heavy atom. The average molecular weight is 362 g/mol. The van der Waals surface area contributed by atoms with E-state index in [4.69, 9.17) is 4.52 Å². The quantitative estimate of drug-likeness (QED) is 0.687. The molecule has 0 aromatic carbocycles. The molecule has 27 heavy (non-hydrogen) atoms. The standard InChI is InChI=1S/C22H26N4O/c1-15-13-23-8-4-20(15)14-26-10-6-18(7-11-26)19-5-9-24-21(12-19)22-16(2)25-27-17(22)3/h4-5,8-9,12-13,18H,6-7,10-11,14H2,1-3H3. The number of hydrogen-bond donors (Lipinski definition) is 0. The Morgan fingerprint density at radius 3 is 2.63 bits per heavy atom. The summed E-state index contributed by atoms with van der Waals surface area (Å²) < 4.78 is 5.31. The van der Waals surface area contributed by atoms with E-state index in [1.54, 1.807) is 0 Å². The number of aryl methyl sites for hydroxylation is 3. The molecule has 0 bridgehead atoms. The van der Waals surface area contributed by atoms with Crippen LogP contribution in [0, 0.1) is 20.8 Å². The second-order valence-corrected chi connectivity index (χ2v) is 7.53. The van der Waals surface area contributed by atoms with E-state index >= 15 is 0 Å². The van der Waals surface area contributed by atoms with Crippen molar-refractivity contribution in [3.63, 3.8) is 0 Å². The molecule has 1 aliphatic rings. The summed E-state index contributed by atoms with van der Waals surface area (Å²) in [6.45, 7) is 9.32. The zero-order chi connectivity index (χ0) is 18.8. The summed E-state index contributed by atoms with van der Waals surface area (Å²) in [5, 5.41) is 4.07. The van der Waals surface area contributed by atoms with Crippen molar-refractivity contribution in [2.75, 3.05) is 13.1 Å². The van der Waals surface area contributed by atoms with E-state index in [0.717, 1.165) is 42.3 Å². The smallest absolute Gasteiger partial charge is 0.143 e. The van der Waals surface area contributed by atoms with Crippen LogP contribution in [0.3, 0.4) is 0 Å². The summed E-state index contributed by atoms with van der Waals surface area (Å²) in [5.41, 5.74) is 6.94. The number of rotatable bonds is 4. The molecule has 0 amide bonds. The first-order valence-electron chi connectivity index (χ1n) is 9.63. The molecule has 0 radical (unpaired) electrons. The Bertz CT molecular complexity index is 906. The Morgan fingerprint density at radius 1 is 1.11 bits per heavy atom. The minimum Gasteiger partial charge on any atom is -0.361 e. The fraction of sp³-hybridized carbons (Fsp3) is 0.409. The molecule has 1 fully saturated rings. The molecule has 0 spiro atoms. The molecule has 0 saturated carbocycles. The number of pyridine rings is 2. The Balaban J connectivity index is 1.44. The van der Waals surface area contributed by atoms with Gasteiger partial charge in [0, 0.05) is 25.1 Å². The molecule has 1 saturated heterocycles. The Hall–Kier alpha value is -2.53. The largest absolute Gasteiger partial charge is 0.361 e. The summed E-state index contributed by atoms with van der Waals surface area (Å²) in [7, 11) is 0. The molecule has 0 unspecified atom stereocenters. The molecule has 3 aromatic rings. The van der Waals surface area contributed by atoms with E-state index in [0.29, 0.717) is 5.92 Å². The molecule has 0 atom stereocenters. The fourth-order valence-corrected chi connectivity index (χ4v) is 4.03. The summed E-state index contributed by atoms with van der Waals surface area (Å²) in [5.74, 6) is 1.42. The highest BCUT2D eigenvalue weighted by molar-refractivity contribution is 5.64. The third kappa shape index (κ3) is 3.78. The van der Waals surface area contributed by atoms with Gasteiger partial charge in [0.15, 0.2) is 0 Å². The van der Waals surface area contributed by atoms with Crippen molar-refractivity contribution in [2.24, 2.45) is 0 Å². The third-order valence-corrected chi connectivity index (χ3v) is 5.66. The van der Waals surface area contributed by atoms with Gasteiger partial charge in [0.2, 0.25) is 0 Å². The van der Waals surface area contributed by atoms with Crippen LogP contribution in [0.2, 0.25) is 0 Å². The highest BCUT2D eigenvalue weighted by Crippen LogP contribution is 2.32. The Kier molecular flexibility index (Phi) is 5.03. The van der Waals surface area contributed by atoms with Gasteiger partial charge in [-0.3, -0.25) is 14.9 Å². The van der Waals surface area contributed by atoms with Crippen molar-refractivity contribution in [3.8, 4) is 11.3 Å². The summed E-state index contributed by atoms with van der Waals surface area (Å²) in [6, 6.07) is 6.52. The first kappa shape index (κ1) is 17.9. The average Bonchev–Trinajstić information content (AvgIpc) is 3.03. The topological polar surface area (TPSA) is 55.1 Å². The number of piperidine rings is 1. The predicted molar refractivity (Wildman–Crippen MR) is 105 cm³/mol. The second kappa shape index (κ2) is 7.61. The van der Waals surface area contributed by atoms with E-state index in [1.807, 2.05) is 32.4 Å². The van der Waals surface area contributed by atoms with Crippen LogP contribution in [0.4, 0.5) is 0 Å². The maximum Gasteiger partial charge on any atom is 0.143 e. The van der Waals surface area contributed by atoms with E-state index in [1.165, 1.54) is 29.5 Å². The van der Waals surface area contributed by atoms with Gasteiger partial charge >= 0.3 is 0 Å². The molecule has 4 heterocycles. The van der Waals surface area contributed by atoms with Gasteiger partial charge < -0.3 is 4.52 Å². The van der Waals surface area contributed by atoms with Crippen LogP contribution in [0.25, 0.3) is 11.3 Å². The third-order valence-electron chi connectivity index (χ3n) is 5.66. The minimum absolute atomic E-state index is 0.585. The maximum atomic E-state index is 5.31. The molecule has 5 nitrogen and oxygen atoms in total. The molecule has 0 aliphatic carbocycles. The molecule has 4 rings (SSSR count). The van der Waals surface area contributed by atoms with Crippen molar-refractivity contribution >= 4 is 0 Å². The summed E-state index contributed by atoms with van der Waals surface area (Å²) in [6.07, 6.45) is 8.12. The van der Waals surface area contributed by atoms with E-state index in [9.17, 15) is 0 Å². The van der Waals surface area contributed by atoms with Crippen molar-refractivity contribution in [3.05, 3.63) is 64.9 Å². The molecule has 5 heteroatoms. The molecule has 140 valence electrons. The zero-order valence-electron chi connectivity index (χ0n) is 16.3. The molecular weight excluding hydrogens is 336 g/mol.